The average Bonchev–Trinajstić information content (AvgIpc) is 2.44. The molecular weight excluding hydrogens is 288 g/mol. The van der Waals surface area contributed by atoms with Crippen LogP contribution in [0.3, 0.4) is 0 Å². The van der Waals surface area contributed by atoms with Crippen LogP contribution in [0.2, 0.25) is 0 Å². The molecule has 6 nitrogen and oxygen atoms in total. The molecule has 0 fully saturated rings. The van der Waals surface area contributed by atoms with Crippen LogP contribution in [0.4, 0.5) is 0 Å². The summed E-state index contributed by atoms with van der Waals surface area (Å²) in [4.78, 5) is 34.9. The molecule has 0 saturated heterocycles. The number of hydrogen-bond donors (Lipinski definition) is 1. The van der Waals surface area contributed by atoms with Crippen molar-refractivity contribution >= 4 is 22.7 Å². The summed E-state index contributed by atoms with van der Waals surface area (Å²) >= 11 is 0. The number of aryl methyl sites for hydroxylation is 2. The molecule has 0 atom stereocenters. The van der Waals surface area contributed by atoms with E-state index in [2.05, 4.69) is 0 Å². The number of benzene rings is 1. The third kappa shape index (κ3) is 2.59. The maximum atomic E-state index is 12.3. The number of carbonyl (C=O) groups excluding carboxylic acids is 1. The normalized spacial score (nSPS) is 10.7. The first-order chi connectivity index (χ1) is 10.2. The molecule has 1 N–H and O–H groups in total. The Bertz CT molecular complexity index is 844. The van der Waals surface area contributed by atoms with Crippen LogP contribution in [0.25, 0.3) is 11.0 Å². The molecule has 0 bridgehead atoms. The molecule has 0 spiro atoms. The lowest BCUT2D eigenvalue weighted by atomic mass is 10.0. The zero-order chi connectivity index (χ0) is 16.6. The van der Waals surface area contributed by atoms with Gasteiger partial charge < -0.3 is 14.3 Å². The van der Waals surface area contributed by atoms with E-state index in [1.807, 2.05) is 0 Å². The summed E-state index contributed by atoms with van der Waals surface area (Å²) in [5.74, 6) is -0.868. The summed E-state index contributed by atoms with van der Waals surface area (Å²) in [6.45, 7) is 5.70. The van der Waals surface area contributed by atoms with Crippen molar-refractivity contribution in [3.63, 3.8) is 0 Å². The molecule has 0 saturated carbocycles. The van der Waals surface area contributed by atoms with E-state index in [1.54, 1.807) is 20.8 Å². The highest BCUT2D eigenvalue weighted by Gasteiger charge is 2.20. The van der Waals surface area contributed by atoms with Crippen LogP contribution >= 0.6 is 0 Å². The third-order valence-electron chi connectivity index (χ3n) is 3.55. The van der Waals surface area contributed by atoms with E-state index in [-0.39, 0.29) is 27.9 Å². The summed E-state index contributed by atoms with van der Waals surface area (Å²) in [5.41, 5.74) is 1.17. The van der Waals surface area contributed by atoms with Gasteiger partial charge in [0.25, 0.3) is 0 Å². The van der Waals surface area contributed by atoms with Crippen LogP contribution in [-0.2, 0) is 4.79 Å². The van der Waals surface area contributed by atoms with Gasteiger partial charge in [-0.05, 0) is 33.8 Å². The van der Waals surface area contributed by atoms with Gasteiger partial charge >= 0.3 is 5.97 Å². The maximum Gasteiger partial charge on any atom is 0.341 e. The average molecular weight is 304 g/mol. The Hall–Kier alpha value is -2.63. The molecule has 0 amide bonds. The Kier molecular flexibility index (Phi) is 4.03. The van der Waals surface area contributed by atoms with Crippen molar-refractivity contribution in [2.45, 2.75) is 27.7 Å². The summed E-state index contributed by atoms with van der Waals surface area (Å²) in [6, 6.07) is 1.40. The molecule has 0 aliphatic carbocycles. The minimum absolute atomic E-state index is 0.133. The number of fused-ring (bicyclic) bond motifs is 1. The van der Waals surface area contributed by atoms with Crippen molar-refractivity contribution in [2.24, 2.45) is 0 Å². The predicted octanol–water partition coefficient (Wildman–Crippen LogP) is 2.38. The van der Waals surface area contributed by atoms with Gasteiger partial charge in [-0.15, -0.1) is 0 Å². The van der Waals surface area contributed by atoms with Gasteiger partial charge in [0.2, 0.25) is 0 Å². The van der Waals surface area contributed by atoms with Gasteiger partial charge in [0, 0.05) is 11.1 Å². The number of hydrogen-bond acceptors (Lipinski definition) is 5. The van der Waals surface area contributed by atoms with Gasteiger partial charge in [-0.2, -0.15) is 0 Å². The predicted molar refractivity (Wildman–Crippen MR) is 79.8 cm³/mol. The second-order valence-corrected chi connectivity index (χ2v) is 5.11. The number of carboxylic acid groups (broad SMARTS) is 1. The van der Waals surface area contributed by atoms with Crippen molar-refractivity contribution < 1.29 is 23.8 Å². The quantitative estimate of drug-likeness (QED) is 0.872. The van der Waals surface area contributed by atoms with Crippen molar-refractivity contribution in [2.75, 3.05) is 6.61 Å². The molecule has 0 radical (unpaired) electrons. The van der Waals surface area contributed by atoms with Gasteiger partial charge in [0.05, 0.1) is 10.9 Å². The van der Waals surface area contributed by atoms with Crippen LogP contribution < -0.4 is 10.2 Å². The number of ketones is 1. The molecule has 2 aromatic rings. The number of aliphatic carboxylic acids is 1. The first-order valence-electron chi connectivity index (χ1n) is 6.67. The zero-order valence-corrected chi connectivity index (χ0v) is 12.8. The molecule has 1 aromatic heterocycles. The Balaban J connectivity index is 2.84. The van der Waals surface area contributed by atoms with E-state index in [4.69, 9.17) is 14.3 Å². The SMILES string of the molecule is CC(=O)c1cc2c(=O)c(C)c(C)oc2c(C)c1OCC(=O)O. The van der Waals surface area contributed by atoms with Crippen molar-refractivity contribution in [1.29, 1.82) is 0 Å². The van der Waals surface area contributed by atoms with Crippen LogP contribution in [0.1, 0.15) is 34.2 Å². The third-order valence-corrected chi connectivity index (χ3v) is 3.55. The first-order valence-corrected chi connectivity index (χ1v) is 6.67. The topological polar surface area (TPSA) is 93.8 Å². The molecule has 2 rings (SSSR count). The van der Waals surface area contributed by atoms with Crippen molar-refractivity contribution in [3.8, 4) is 5.75 Å². The molecule has 0 unspecified atom stereocenters. The number of Topliss-reactive ketones (excluding diaryl/α,β-unsaturated/α-hetero) is 1. The molecule has 1 heterocycles. The summed E-state index contributed by atoms with van der Waals surface area (Å²) in [7, 11) is 0. The number of carboxylic acids is 1. The van der Waals surface area contributed by atoms with Gasteiger partial charge in [-0.25, -0.2) is 4.79 Å². The van der Waals surface area contributed by atoms with Crippen LogP contribution in [0.5, 0.6) is 5.75 Å². The first kappa shape index (κ1) is 15.8. The number of carbonyl (C=O) groups is 2. The maximum absolute atomic E-state index is 12.3. The van der Waals surface area contributed by atoms with Crippen LogP contribution in [0, 0.1) is 20.8 Å². The van der Waals surface area contributed by atoms with E-state index < -0.39 is 12.6 Å². The second-order valence-electron chi connectivity index (χ2n) is 5.11. The van der Waals surface area contributed by atoms with Crippen molar-refractivity contribution in [3.05, 3.63) is 38.7 Å². The molecule has 6 heteroatoms. The fraction of sp³-hybridized carbons (Fsp3) is 0.312. The highest BCUT2D eigenvalue weighted by Crippen LogP contribution is 2.31. The molecule has 0 aliphatic heterocycles. The number of rotatable bonds is 4. The van der Waals surface area contributed by atoms with E-state index in [9.17, 15) is 14.4 Å². The Labute approximate surface area is 126 Å². The molecule has 1 aromatic carbocycles. The second kappa shape index (κ2) is 5.63. The lowest BCUT2D eigenvalue weighted by Gasteiger charge is -2.14. The Morgan fingerprint density at radius 2 is 1.86 bits per heavy atom. The monoisotopic (exact) mass is 304 g/mol. The van der Waals surface area contributed by atoms with Gasteiger partial charge in [-0.1, -0.05) is 0 Å². The number of ether oxygens (including phenoxy) is 1. The fourth-order valence-corrected chi connectivity index (χ4v) is 2.26. The fourth-order valence-electron chi connectivity index (χ4n) is 2.26. The standard InChI is InChI=1S/C16H16O6/c1-7-10(4)22-16-8(2)15(21-6-13(18)19)11(9(3)17)5-12(16)14(7)20/h5H,6H2,1-4H3,(H,18,19). The molecule has 116 valence electrons. The molecular formula is C16H16O6. The summed E-state index contributed by atoms with van der Waals surface area (Å²) < 4.78 is 10.9. The minimum atomic E-state index is -1.16. The largest absolute Gasteiger partial charge is 0.481 e. The van der Waals surface area contributed by atoms with Crippen LogP contribution in [0.15, 0.2) is 15.3 Å². The van der Waals surface area contributed by atoms with Gasteiger partial charge in [0.15, 0.2) is 17.8 Å². The minimum Gasteiger partial charge on any atom is -0.481 e. The smallest absolute Gasteiger partial charge is 0.341 e. The van der Waals surface area contributed by atoms with Crippen molar-refractivity contribution in [1.82, 2.24) is 0 Å². The summed E-state index contributed by atoms with van der Waals surface area (Å²) in [6.07, 6.45) is 0. The lowest BCUT2D eigenvalue weighted by molar-refractivity contribution is -0.139. The van der Waals surface area contributed by atoms with E-state index in [0.717, 1.165) is 0 Å². The highest BCUT2D eigenvalue weighted by molar-refractivity contribution is 6.02. The Morgan fingerprint density at radius 1 is 1.23 bits per heavy atom. The van der Waals surface area contributed by atoms with Gasteiger partial charge in [-0.3, -0.25) is 9.59 Å². The summed E-state index contributed by atoms with van der Waals surface area (Å²) in [5, 5.41) is 9.04. The zero-order valence-electron chi connectivity index (χ0n) is 12.8. The Morgan fingerprint density at radius 3 is 2.41 bits per heavy atom. The van der Waals surface area contributed by atoms with E-state index >= 15 is 0 Å². The van der Waals surface area contributed by atoms with Gasteiger partial charge in [0.1, 0.15) is 17.1 Å². The lowest BCUT2D eigenvalue weighted by Crippen LogP contribution is -2.14. The van der Waals surface area contributed by atoms with Crippen LogP contribution in [-0.4, -0.2) is 23.5 Å². The van der Waals surface area contributed by atoms with E-state index in [1.165, 1.54) is 13.0 Å². The molecule has 0 aliphatic rings. The molecule has 22 heavy (non-hydrogen) atoms. The van der Waals surface area contributed by atoms with E-state index in [0.29, 0.717) is 22.5 Å². The highest BCUT2D eigenvalue weighted by atomic mass is 16.5.